The molecule has 1 aliphatic rings. The molecule has 2 atom stereocenters. The van der Waals surface area contributed by atoms with Crippen LogP contribution in [0.4, 0.5) is 10.5 Å². The molecule has 0 aliphatic carbocycles. The van der Waals surface area contributed by atoms with Crippen molar-refractivity contribution in [2.75, 3.05) is 25.6 Å². The zero-order valence-corrected chi connectivity index (χ0v) is 18.1. The van der Waals surface area contributed by atoms with Crippen molar-refractivity contribution in [3.8, 4) is 11.5 Å². The van der Waals surface area contributed by atoms with Crippen LogP contribution in [-0.4, -0.2) is 43.9 Å². The Hall–Kier alpha value is -3.88. The number of nitrogens with one attached hydrogen (secondary N) is 2. The van der Waals surface area contributed by atoms with Crippen LogP contribution >= 0.6 is 0 Å². The second kappa shape index (κ2) is 10.4. The summed E-state index contributed by atoms with van der Waals surface area (Å²) in [5, 5.41) is 5.45. The summed E-state index contributed by atoms with van der Waals surface area (Å²) in [5.41, 5.74) is 1.65. The quantitative estimate of drug-likeness (QED) is 0.611. The lowest BCUT2D eigenvalue weighted by Gasteiger charge is -2.30. The van der Waals surface area contributed by atoms with Crippen molar-refractivity contribution in [3.05, 3.63) is 54.1 Å². The molecule has 1 aliphatic heterocycles. The molecule has 32 heavy (non-hydrogen) atoms. The molecule has 0 bridgehead atoms. The van der Waals surface area contributed by atoms with Gasteiger partial charge in [-0.05, 0) is 43.7 Å². The number of amides is 3. The van der Waals surface area contributed by atoms with Crippen LogP contribution in [0.5, 0.6) is 11.5 Å². The Balaban J connectivity index is 1.76. The van der Waals surface area contributed by atoms with E-state index in [0.717, 1.165) is 0 Å². The van der Waals surface area contributed by atoms with Gasteiger partial charge in [-0.25, -0.2) is 9.79 Å². The molecule has 3 amide bonds. The van der Waals surface area contributed by atoms with Crippen molar-refractivity contribution >= 4 is 29.3 Å². The van der Waals surface area contributed by atoms with E-state index in [-0.39, 0.29) is 19.1 Å². The van der Waals surface area contributed by atoms with E-state index in [9.17, 15) is 14.4 Å². The van der Waals surface area contributed by atoms with Gasteiger partial charge in [0.05, 0.1) is 19.8 Å². The first-order chi connectivity index (χ1) is 15.4. The third-order valence-corrected chi connectivity index (χ3v) is 4.84. The van der Waals surface area contributed by atoms with Crippen LogP contribution < -0.4 is 20.1 Å². The predicted octanol–water partition coefficient (Wildman–Crippen LogP) is 3.12. The number of esters is 1. The van der Waals surface area contributed by atoms with Crippen molar-refractivity contribution in [2.45, 2.75) is 19.9 Å². The van der Waals surface area contributed by atoms with E-state index in [2.05, 4.69) is 15.6 Å². The highest BCUT2D eigenvalue weighted by atomic mass is 16.5. The van der Waals surface area contributed by atoms with Gasteiger partial charge in [-0.2, -0.15) is 0 Å². The first-order valence-corrected chi connectivity index (χ1v) is 10.1. The third-order valence-electron chi connectivity index (χ3n) is 4.84. The Labute approximate surface area is 185 Å². The number of urea groups is 1. The third kappa shape index (κ3) is 5.42. The number of rotatable bonds is 8. The minimum atomic E-state index is -0.763. The van der Waals surface area contributed by atoms with E-state index in [0.29, 0.717) is 28.5 Å². The molecule has 2 unspecified atom stereocenters. The van der Waals surface area contributed by atoms with E-state index in [4.69, 9.17) is 14.2 Å². The second-order valence-electron chi connectivity index (χ2n) is 7.02. The highest BCUT2D eigenvalue weighted by Crippen LogP contribution is 2.34. The van der Waals surface area contributed by atoms with E-state index >= 15 is 0 Å². The van der Waals surface area contributed by atoms with Crippen LogP contribution in [0.3, 0.4) is 0 Å². The second-order valence-corrected chi connectivity index (χ2v) is 7.02. The molecular weight excluding hydrogens is 414 g/mol. The number of benzene rings is 2. The highest BCUT2D eigenvalue weighted by Gasteiger charge is 2.38. The van der Waals surface area contributed by atoms with Crippen molar-refractivity contribution in [2.24, 2.45) is 10.9 Å². The highest BCUT2D eigenvalue weighted by molar-refractivity contribution is 6.08. The number of aliphatic imine (C=N–C) groups is 1. The fraction of sp³-hybridized carbons (Fsp3) is 0.304. The molecule has 2 N–H and O–H groups in total. The lowest BCUT2D eigenvalue weighted by atomic mass is 9.88. The normalized spacial score (nSPS) is 17.6. The Bertz CT molecular complexity index is 1020. The molecule has 9 nitrogen and oxygen atoms in total. The van der Waals surface area contributed by atoms with Gasteiger partial charge in [0.2, 0.25) is 0 Å². The van der Waals surface area contributed by atoms with Gasteiger partial charge < -0.3 is 24.8 Å². The number of carbonyl (C=O) groups excluding carboxylic acids is 3. The Morgan fingerprint density at radius 3 is 2.56 bits per heavy atom. The number of ether oxygens (including phenoxy) is 3. The molecule has 168 valence electrons. The minimum absolute atomic E-state index is 0.213. The topological polar surface area (TPSA) is 115 Å². The lowest BCUT2D eigenvalue weighted by Crippen LogP contribution is -2.44. The minimum Gasteiger partial charge on any atom is -0.493 e. The number of anilines is 1. The Morgan fingerprint density at radius 1 is 1.12 bits per heavy atom. The molecule has 0 saturated heterocycles. The number of hydrogen-bond donors (Lipinski definition) is 2. The standard InChI is InChI=1S/C23H25N3O6/c1-4-31-22(28)20-14(2)24-23(29)26-21(20)15-10-11-17(18(12-15)30-3)32-13-19(27)25-16-8-6-5-7-9-16/h5-12,20-21H,4,13H2,1-3H3,(H,25,27)(H,26,29). The molecule has 1 heterocycles. The van der Waals surface area contributed by atoms with Crippen molar-refractivity contribution in [3.63, 3.8) is 0 Å². The van der Waals surface area contributed by atoms with E-state index < -0.39 is 24.0 Å². The van der Waals surface area contributed by atoms with Crippen LogP contribution in [0.2, 0.25) is 0 Å². The van der Waals surface area contributed by atoms with Gasteiger partial charge in [-0.3, -0.25) is 9.59 Å². The molecule has 0 radical (unpaired) electrons. The zero-order valence-electron chi connectivity index (χ0n) is 18.1. The zero-order chi connectivity index (χ0) is 23.1. The summed E-state index contributed by atoms with van der Waals surface area (Å²) in [4.78, 5) is 40.5. The van der Waals surface area contributed by atoms with Crippen LogP contribution in [0.1, 0.15) is 25.5 Å². The summed E-state index contributed by atoms with van der Waals surface area (Å²) in [6.45, 7) is 3.32. The number of methoxy groups -OCH3 is 1. The number of carbonyl (C=O) groups is 3. The van der Waals surface area contributed by atoms with Crippen molar-refractivity contribution in [1.82, 2.24) is 5.32 Å². The average molecular weight is 439 g/mol. The number of hydrogen-bond acceptors (Lipinski definition) is 6. The summed E-state index contributed by atoms with van der Waals surface area (Å²) in [6, 6.07) is 12.8. The molecule has 0 saturated carbocycles. The largest absolute Gasteiger partial charge is 0.493 e. The van der Waals surface area contributed by atoms with Crippen LogP contribution in [-0.2, 0) is 14.3 Å². The maximum Gasteiger partial charge on any atom is 0.341 e. The van der Waals surface area contributed by atoms with Gasteiger partial charge in [0.1, 0.15) is 5.92 Å². The molecule has 2 aromatic rings. The summed E-state index contributed by atoms with van der Waals surface area (Å²) < 4.78 is 16.2. The molecular formula is C23H25N3O6. The fourth-order valence-corrected chi connectivity index (χ4v) is 3.39. The maximum absolute atomic E-state index is 12.5. The van der Waals surface area contributed by atoms with E-state index in [1.165, 1.54) is 7.11 Å². The lowest BCUT2D eigenvalue weighted by molar-refractivity contribution is -0.146. The smallest absolute Gasteiger partial charge is 0.341 e. The van der Waals surface area contributed by atoms with Gasteiger partial charge in [0.25, 0.3) is 5.91 Å². The fourth-order valence-electron chi connectivity index (χ4n) is 3.39. The SMILES string of the molecule is CCOC(=O)C1C(C)=NC(=O)NC1c1ccc(OCC(=O)Nc2ccccc2)c(OC)c1. The molecule has 0 aromatic heterocycles. The molecule has 0 spiro atoms. The first kappa shape index (κ1) is 22.8. The average Bonchev–Trinajstić information content (AvgIpc) is 2.77. The van der Waals surface area contributed by atoms with E-state index in [1.807, 2.05) is 18.2 Å². The first-order valence-electron chi connectivity index (χ1n) is 10.1. The van der Waals surface area contributed by atoms with Gasteiger partial charge >= 0.3 is 12.0 Å². The molecule has 3 rings (SSSR count). The van der Waals surface area contributed by atoms with Gasteiger partial charge in [0.15, 0.2) is 18.1 Å². The molecule has 9 heteroatoms. The van der Waals surface area contributed by atoms with Gasteiger partial charge in [0, 0.05) is 11.4 Å². The monoisotopic (exact) mass is 439 g/mol. The maximum atomic E-state index is 12.5. The number of nitrogens with zero attached hydrogens (tertiary/aromatic N) is 1. The van der Waals surface area contributed by atoms with Crippen LogP contribution in [0, 0.1) is 5.92 Å². The summed E-state index contributed by atoms with van der Waals surface area (Å²) >= 11 is 0. The predicted molar refractivity (Wildman–Crippen MR) is 118 cm³/mol. The Kier molecular flexibility index (Phi) is 7.43. The Morgan fingerprint density at radius 2 is 1.88 bits per heavy atom. The number of para-hydroxylation sites is 1. The molecule has 0 fully saturated rings. The summed E-state index contributed by atoms with van der Waals surface area (Å²) in [7, 11) is 1.46. The van der Waals surface area contributed by atoms with Crippen LogP contribution in [0.15, 0.2) is 53.5 Å². The summed E-state index contributed by atoms with van der Waals surface area (Å²) in [6.07, 6.45) is 0. The van der Waals surface area contributed by atoms with Crippen LogP contribution in [0.25, 0.3) is 0 Å². The summed E-state index contributed by atoms with van der Waals surface area (Å²) in [5.74, 6) is -0.862. The van der Waals surface area contributed by atoms with Crippen molar-refractivity contribution < 1.29 is 28.6 Å². The van der Waals surface area contributed by atoms with Crippen molar-refractivity contribution in [1.29, 1.82) is 0 Å². The van der Waals surface area contributed by atoms with Gasteiger partial charge in [-0.15, -0.1) is 0 Å². The van der Waals surface area contributed by atoms with E-state index in [1.54, 1.807) is 44.2 Å². The van der Waals surface area contributed by atoms with Gasteiger partial charge in [-0.1, -0.05) is 24.3 Å². The molecule has 2 aromatic carbocycles.